The van der Waals surface area contributed by atoms with Crippen molar-refractivity contribution < 1.29 is 15.0 Å². The van der Waals surface area contributed by atoms with E-state index in [0.717, 1.165) is 42.3 Å². The monoisotopic (exact) mass is 524 g/mol. The minimum absolute atomic E-state index is 0.0422. The second-order valence-corrected chi connectivity index (χ2v) is 14.5. The second kappa shape index (κ2) is 9.60. The van der Waals surface area contributed by atoms with Crippen molar-refractivity contribution in [3.8, 4) is 0 Å². The van der Waals surface area contributed by atoms with E-state index in [9.17, 15) is 15.0 Å². The summed E-state index contributed by atoms with van der Waals surface area (Å²) in [5, 5.41) is 25.8. The molecule has 6 heteroatoms. The molecule has 4 fully saturated rings. The van der Waals surface area contributed by atoms with Gasteiger partial charge in [0.15, 0.2) is 5.13 Å². The Balaban J connectivity index is 1.11. The molecule has 0 spiro atoms. The molecule has 1 amide bonds. The standard InChI is InChI=1S/C31H44N2O3S/c1-18(8-13-28(36)33-29-32-25-6-4-5-7-26(25)37-29)22-11-12-23-21-10-9-19-16-20(34)14-15-30(19,2)24(21)17-27(35)31(22,23)3/h4-7,18-24,27,34-35H,8-17H2,1-3H3,(H,32,33,36)/t18-,19-,20-,21+,22-,23+,24+,27+,30+,31-/m1/s1. The minimum atomic E-state index is -0.271. The van der Waals surface area contributed by atoms with Crippen molar-refractivity contribution in [3.63, 3.8) is 0 Å². The van der Waals surface area contributed by atoms with Crippen molar-refractivity contribution in [2.45, 2.75) is 97.2 Å². The number of carbonyl (C=O) groups is 1. The van der Waals surface area contributed by atoms with E-state index in [-0.39, 0.29) is 28.9 Å². The number of nitrogens with one attached hydrogen (secondary N) is 1. The molecule has 4 saturated carbocycles. The second-order valence-electron chi connectivity index (χ2n) is 13.4. The number of rotatable bonds is 5. The van der Waals surface area contributed by atoms with Gasteiger partial charge in [-0.15, -0.1) is 0 Å². The molecule has 0 bridgehead atoms. The van der Waals surface area contributed by atoms with Gasteiger partial charge in [0.05, 0.1) is 22.4 Å². The SMILES string of the molecule is C[C@H](CCC(=O)Nc1nc2ccccc2s1)[C@H]1CC[C@H]2[C@@H]3CC[C@@H]4C[C@H](O)CC[C@]4(C)[C@H]3C[C@H](O)[C@]12C. The average Bonchev–Trinajstić information content (AvgIpc) is 3.45. The lowest BCUT2D eigenvalue weighted by Gasteiger charge is -2.62. The molecule has 1 aromatic heterocycles. The molecule has 4 aliphatic carbocycles. The van der Waals surface area contributed by atoms with Gasteiger partial charge in [0, 0.05) is 6.42 Å². The van der Waals surface area contributed by atoms with Crippen molar-refractivity contribution in [2.24, 2.45) is 46.3 Å². The summed E-state index contributed by atoms with van der Waals surface area (Å²) in [5.41, 5.74) is 1.15. The van der Waals surface area contributed by atoms with E-state index in [1.54, 1.807) is 0 Å². The molecular weight excluding hydrogens is 480 g/mol. The van der Waals surface area contributed by atoms with Gasteiger partial charge in [-0.2, -0.15) is 0 Å². The minimum Gasteiger partial charge on any atom is -0.393 e. The van der Waals surface area contributed by atoms with Crippen LogP contribution in [-0.4, -0.2) is 33.3 Å². The summed E-state index contributed by atoms with van der Waals surface area (Å²) in [4.78, 5) is 17.4. The van der Waals surface area contributed by atoms with Crippen LogP contribution in [0.1, 0.15) is 85.0 Å². The molecular formula is C31H44N2O3S. The van der Waals surface area contributed by atoms with Crippen LogP contribution in [0.4, 0.5) is 5.13 Å². The van der Waals surface area contributed by atoms with E-state index < -0.39 is 0 Å². The zero-order valence-electron chi connectivity index (χ0n) is 22.7. The van der Waals surface area contributed by atoms with Gasteiger partial charge in [-0.25, -0.2) is 4.98 Å². The molecule has 1 heterocycles. The Kier molecular flexibility index (Phi) is 6.69. The highest BCUT2D eigenvalue weighted by atomic mass is 32.1. The zero-order chi connectivity index (χ0) is 25.9. The van der Waals surface area contributed by atoms with Crippen LogP contribution in [0.25, 0.3) is 10.2 Å². The summed E-state index contributed by atoms with van der Waals surface area (Å²) in [7, 11) is 0. The molecule has 4 aliphatic rings. The predicted octanol–water partition coefficient (Wildman–Crippen LogP) is 6.64. The summed E-state index contributed by atoms with van der Waals surface area (Å²) in [5.74, 6) is 3.38. The number of hydrogen-bond donors (Lipinski definition) is 3. The van der Waals surface area contributed by atoms with Crippen molar-refractivity contribution in [1.82, 2.24) is 4.98 Å². The number of fused-ring (bicyclic) bond motifs is 6. The summed E-state index contributed by atoms with van der Waals surface area (Å²) in [6.45, 7) is 7.17. The third kappa shape index (κ3) is 4.26. The summed E-state index contributed by atoms with van der Waals surface area (Å²) in [6, 6.07) is 7.98. The largest absolute Gasteiger partial charge is 0.393 e. The quantitative estimate of drug-likeness (QED) is 0.409. The molecule has 6 rings (SSSR count). The van der Waals surface area contributed by atoms with Crippen LogP contribution in [-0.2, 0) is 4.79 Å². The van der Waals surface area contributed by atoms with E-state index in [1.807, 2.05) is 24.3 Å². The lowest BCUT2D eigenvalue weighted by atomic mass is 9.43. The van der Waals surface area contributed by atoms with Gasteiger partial charge < -0.3 is 15.5 Å². The number of aliphatic hydroxyl groups excluding tert-OH is 2. The average molecular weight is 525 g/mol. The Bertz CT molecular complexity index is 1120. The van der Waals surface area contributed by atoms with Crippen molar-refractivity contribution >= 4 is 32.6 Å². The maximum Gasteiger partial charge on any atom is 0.226 e. The number of anilines is 1. The highest BCUT2D eigenvalue weighted by molar-refractivity contribution is 7.22. The number of amides is 1. The van der Waals surface area contributed by atoms with Crippen LogP contribution in [0.15, 0.2) is 24.3 Å². The lowest BCUT2D eigenvalue weighted by Crippen LogP contribution is -2.58. The Morgan fingerprint density at radius 1 is 1.11 bits per heavy atom. The van der Waals surface area contributed by atoms with E-state index in [1.165, 1.54) is 37.0 Å². The Labute approximate surface area is 225 Å². The third-order valence-corrected chi connectivity index (χ3v) is 12.8. The number of nitrogens with zero attached hydrogens (tertiary/aromatic N) is 1. The Hall–Kier alpha value is -1.50. The topological polar surface area (TPSA) is 82.5 Å². The smallest absolute Gasteiger partial charge is 0.226 e. The normalized spacial score (nSPS) is 42.0. The molecule has 0 radical (unpaired) electrons. The number of hydrogen-bond acceptors (Lipinski definition) is 5. The van der Waals surface area contributed by atoms with Gasteiger partial charge in [0.2, 0.25) is 5.91 Å². The number of para-hydroxylation sites is 1. The molecule has 3 N–H and O–H groups in total. The van der Waals surface area contributed by atoms with Crippen molar-refractivity contribution in [1.29, 1.82) is 0 Å². The van der Waals surface area contributed by atoms with Gasteiger partial charge in [-0.3, -0.25) is 4.79 Å². The van der Waals surface area contributed by atoms with Crippen LogP contribution >= 0.6 is 11.3 Å². The third-order valence-electron chi connectivity index (χ3n) is 11.9. The zero-order valence-corrected chi connectivity index (χ0v) is 23.5. The van der Waals surface area contributed by atoms with Crippen LogP contribution in [0, 0.1) is 46.3 Å². The summed E-state index contributed by atoms with van der Waals surface area (Å²) in [6.07, 6.45) is 9.74. The molecule has 0 saturated heterocycles. The molecule has 202 valence electrons. The number of aliphatic hydroxyl groups is 2. The van der Waals surface area contributed by atoms with Gasteiger partial charge in [0.25, 0.3) is 0 Å². The van der Waals surface area contributed by atoms with E-state index in [4.69, 9.17) is 0 Å². The highest BCUT2D eigenvalue weighted by Gasteiger charge is 2.63. The molecule has 37 heavy (non-hydrogen) atoms. The fourth-order valence-corrected chi connectivity index (χ4v) is 10.7. The maximum atomic E-state index is 12.8. The summed E-state index contributed by atoms with van der Waals surface area (Å²) < 4.78 is 1.09. The van der Waals surface area contributed by atoms with Crippen molar-refractivity contribution in [2.75, 3.05) is 5.32 Å². The van der Waals surface area contributed by atoms with Crippen LogP contribution in [0.3, 0.4) is 0 Å². The molecule has 0 unspecified atom stereocenters. The van der Waals surface area contributed by atoms with Crippen LogP contribution < -0.4 is 5.32 Å². The lowest BCUT2D eigenvalue weighted by molar-refractivity contribution is -0.174. The summed E-state index contributed by atoms with van der Waals surface area (Å²) >= 11 is 1.53. The first-order chi connectivity index (χ1) is 17.7. The fourth-order valence-electron chi connectivity index (χ4n) is 9.83. The van der Waals surface area contributed by atoms with Crippen LogP contribution in [0.2, 0.25) is 0 Å². The molecule has 5 nitrogen and oxygen atoms in total. The van der Waals surface area contributed by atoms with Gasteiger partial charge in [-0.05, 0) is 116 Å². The maximum absolute atomic E-state index is 12.8. The fraction of sp³-hybridized carbons (Fsp3) is 0.742. The van der Waals surface area contributed by atoms with Gasteiger partial charge in [0.1, 0.15) is 0 Å². The Morgan fingerprint density at radius 2 is 1.92 bits per heavy atom. The molecule has 1 aromatic carbocycles. The molecule has 0 aliphatic heterocycles. The highest BCUT2D eigenvalue weighted by Crippen LogP contribution is 2.68. The van der Waals surface area contributed by atoms with E-state index in [2.05, 4.69) is 31.1 Å². The molecule has 2 aromatic rings. The van der Waals surface area contributed by atoms with E-state index in [0.29, 0.717) is 47.1 Å². The number of carbonyl (C=O) groups excluding carboxylic acids is 1. The molecule has 10 atom stereocenters. The first kappa shape index (κ1) is 25.8. The number of aromatic nitrogens is 1. The first-order valence-corrected chi connectivity index (χ1v) is 15.5. The predicted molar refractivity (Wildman–Crippen MR) is 149 cm³/mol. The number of thiazole rings is 1. The van der Waals surface area contributed by atoms with Gasteiger partial charge in [-0.1, -0.05) is 44.2 Å². The van der Waals surface area contributed by atoms with Crippen molar-refractivity contribution in [3.05, 3.63) is 24.3 Å². The van der Waals surface area contributed by atoms with E-state index >= 15 is 0 Å². The van der Waals surface area contributed by atoms with Crippen LogP contribution in [0.5, 0.6) is 0 Å². The number of benzene rings is 1. The van der Waals surface area contributed by atoms with Gasteiger partial charge >= 0.3 is 0 Å². The first-order valence-electron chi connectivity index (χ1n) is 14.7. The Morgan fingerprint density at radius 3 is 2.73 bits per heavy atom.